The van der Waals surface area contributed by atoms with Crippen LogP contribution in [-0.2, 0) is 9.53 Å². The molecule has 1 N–H and O–H groups in total. The third-order valence-electron chi connectivity index (χ3n) is 5.84. The van der Waals surface area contributed by atoms with Crippen LogP contribution in [0.25, 0.3) is 11.1 Å². The smallest absolute Gasteiger partial charge is 0.410 e. The summed E-state index contributed by atoms with van der Waals surface area (Å²) in [5, 5.41) is 9.89. The van der Waals surface area contributed by atoms with E-state index < -0.39 is 23.9 Å². The zero-order valence-electron chi connectivity index (χ0n) is 18.0. The maximum Gasteiger partial charge on any atom is 0.410 e. The molecule has 1 atom stereocenters. The van der Waals surface area contributed by atoms with Crippen molar-refractivity contribution in [2.24, 2.45) is 0 Å². The van der Waals surface area contributed by atoms with Gasteiger partial charge >= 0.3 is 12.1 Å². The van der Waals surface area contributed by atoms with Gasteiger partial charge in [-0.15, -0.1) is 0 Å². The SMILES string of the molecule is CCCN(C(=O)OCC1c2ccccc2-c2ccccc21)C(C(=O)O)c1ccc(Br)c(F)c1. The highest BCUT2D eigenvalue weighted by molar-refractivity contribution is 9.10. The number of amides is 1. The molecule has 0 saturated carbocycles. The predicted molar refractivity (Wildman–Crippen MR) is 127 cm³/mol. The van der Waals surface area contributed by atoms with Crippen molar-refractivity contribution in [1.82, 2.24) is 4.90 Å². The summed E-state index contributed by atoms with van der Waals surface area (Å²) in [6, 6.07) is 18.7. The lowest BCUT2D eigenvalue weighted by Crippen LogP contribution is -2.40. The van der Waals surface area contributed by atoms with Crippen LogP contribution >= 0.6 is 15.9 Å². The maximum absolute atomic E-state index is 14.1. The number of rotatable bonds is 7. The van der Waals surface area contributed by atoms with Gasteiger partial charge in [0, 0.05) is 12.5 Å². The van der Waals surface area contributed by atoms with Crippen molar-refractivity contribution in [3.8, 4) is 11.1 Å². The first kappa shape index (κ1) is 23.0. The number of halogens is 2. The molecule has 0 bridgehead atoms. The molecule has 4 rings (SSSR count). The van der Waals surface area contributed by atoms with E-state index in [1.54, 1.807) is 0 Å². The Hall–Kier alpha value is -3.19. The van der Waals surface area contributed by atoms with E-state index in [9.17, 15) is 19.1 Å². The maximum atomic E-state index is 14.1. The van der Waals surface area contributed by atoms with E-state index in [2.05, 4.69) is 15.9 Å². The van der Waals surface area contributed by atoms with E-state index in [1.807, 2.05) is 55.5 Å². The topological polar surface area (TPSA) is 66.8 Å². The Labute approximate surface area is 199 Å². The third kappa shape index (κ3) is 4.50. The number of carbonyl (C=O) groups is 2. The molecule has 0 aliphatic heterocycles. The average Bonchev–Trinajstić information content (AvgIpc) is 3.13. The summed E-state index contributed by atoms with van der Waals surface area (Å²) < 4.78 is 20.0. The molecular formula is C26H23BrFNO4. The van der Waals surface area contributed by atoms with Crippen LogP contribution in [-0.4, -0.2) is 35.2 Å². The van der Waals surface area contributed by atoms with E-state index in [4.69, 9.17) is 4.74 Å². The highest BCUT2D eigenvalue weighted by atomic mass is 79.9. The molecular weight excluding hydrogens is 489 g/mol. The molecule has 0 saturated heterocycles. The molecule has 1 aliphatic rings. The first-order valence-electron chi connectivity index (χ1n) is 10.7. The van der Waals surface area contributed by atoms with Crippen molar-refractivity contribution in [3.05, 3.63) is 93.7 Å². The Bertz CT molecular complexity index is 1150. The molecule has 0 fully saturated rings. The molecule has 33 heavy (non-hydrogen) atoms. The lowest BCUT2D eigenvalue weighted by Gasteiger charge is -2.29. The van der Waals surface area contributed by atoms with E-state index in [-0.39, 0.29) is 29.1 Å². The number of carbonyl (C=O) groups excluding carboxylic acids is 1. The summed E-state index contributed by atoms with van der Waals surface area (Å²) in [5.41, 5.74) is 4.52. The van der Waals surface area contributed by atoms with Gasteiger partial charge in [0.1, 0.15) is 12.4 Å². The van der Waals surface area contributed by atoms with Gasteiger partial charge in [-0.1, -0.05) is 61.5 Å². The zero-order valence-corrected chi connectivity index (χ0v) is 19.6. The number of nitrogens with zero attached hydrogens (tertiary/aromatic N) is 1. The second-order valence-electron chi connectivity index (χ2n) is 7.91. The molecule has 3 aromatic carbocycles. The van der Waals surface area contributed by atoms with Gasteiger partial charge < -0.3 is 9.84 Å². The number of carboxylic acids is 1. The third-order valence-corrected chi connectivity index (χ3v) is 6.48. The van der Waals surface area contributed by atoms with Crippen LogP contribution in [0, 0.1) is 5.82 Å². The number of aliphatic carboxylic acids is 1. The summed E-state index contributed by atoms with van der Waals surface area (Å²) in [7, 11) is 0. The Morgan fingerprint density at radius 1 is 1.06 bits per heavy atom. The molecule has 1 unspecified atom stereocenters. The molecule has 170 valence electrons. The Morgan fingerprint density at radius 2 is 1.67 bits per heavy atom. The second-order valence-corrected chi connectivity index (χ2v) is 8.77. The van der Waals surface area contributed by atoms with Crippen molar-refractivity contribution < 1.29 is 23.8 Å². The Morgan fingerprint density at radius 3 is 2.21 bits per heavy atom. The predicted octanol–water partition coefficient (Wildman–Crippen LogP) is 6.38. The highest BCUT2D eigenvalue weighted by Crippen LogP contribution is 2.44. The van der Waals surface area contributed by atoms with Crippen molar-refractivity contribution in [2.45, 2.75) is 25.3 Å². The molecule has 0 radical (unpaired) electrons. The van der Waals surface area contributed by atoms with Crippen molar-refractivity contribution in [3.63, 3.8) is 0 Å². The zero-order chi connectivity index (χ0) is 23.5. The minimum atomic E-state index is -1.36. The van der Waals surface area contributed by atoms with Gasteiger partial charge in [-0.2, -0.15) is 0 Å². The van der Waals surface area contributed by atoms with Crippen LogP contribution in [0.15, 0.2) is 71.2 Å². The summed E-state index contributed by atoms with van der Waals surface area (Å²) in [6.07, 6.45) is -0.220. The van der Waals surface area contributed by atoms with Crippen LogP contribution in [0.5, 0.6) is 0 Å². The normalized spacial score (nSPS) is 13.2. The number of carboxylic acid groups (broad SMARTS) is 1. The van der Waals surface area contributed by atoms with Gasteiger partial charge in [-0.05, 0) is 62.3 Å². The minimum absolute atomic E-state index is 0.0775. The fourth-order valence-corrected chi connectivity index (χ4v) is 4.63. The number of hydrogen-bond acceptors (Lipinski definition) is 3. The summed E-state index contributed by atoms with van der Waals surface area (Å²) in [6.45, 7) is 2.07. The van der Waals surface area contributed by atoms with Gasteiger partial charge in [-0.3, -0.25) is 4.90 Å². The quantitative estimate of drug-likeness (QED) is 0.399. The summed E-state index contributed by atoms with van der Waals surface area (Å²) in [4.78, 5) is 26.4. The van der Waals surface area contributed by atoms with Crippen LogP contribution in [0.2, 0.25) is 0 Å². The van der Waals surface area contributed by atoms with Gasteiger partial charge in [0.2, 0.25) is 0 Å². The molecule has 0 heterocycles. The van der Waals surface area contributed by atoms with Crippen molar-refractivity contribution in [1.29, 1.82) is 0 Å². The van der Waals surface area contributed by atoms with Gasteiger partial charge in [0.25, 0.3) is 0 Å². The van der Waals surface area contributed by atoms with Gasteiger partial charge in [0.15, 0.2) is 6.04 Å². The second kappa shape index (κ2) is 9.75. The highest BCUT2D eigenvalue weighted by Gasteiger charge is 2.34. The van der Waals surface area contributed by atoms with Crippen molar-refractivity contribution in [2.75, 3.05) is 13.2 Å². The fourth-order valence-electron chi connectivity index (χ4n) is 4.38. The van der Waals surface area contributed by atoms with Gasteiger partial charge in [0.05, 0.1) is 4.47 Å². The standard InChI is InChI=1S/C26H23BrFNO4/c1-2-13-29(24(25(30)31)16-11-12-22(27)23(28)14-16)26(32)33-15-21-19-9-5-3-7-17(19)18-8-4-6-10-20(18)21/h3-12,14,21,24H,2,13,15H2,1H3,(H,30,31). The average molecular weight is 512 g/mol. The van der Waals surface area contributed by atoms with E-state index in [0.29, 0.717) is 6.42 Å². The molecule has 1 aliphatic carbocycles. The van der Waals surface area contributed by atoms with Crippen LogP contribution < -0.4 is 0 Å². The monoisotopic (exact) mass is 511 g/mol. The van der Waals surface area contributed by atoms with Crippen LogP contribution in [0.4, 0.5) is 9.18 Å². The summed E-state index contributed by atoms with van der Waals surface area (Å²) >= 11 is 3.07. The first-order chi connectivity index (χ1) is 15.9. The molecule has 5 nitrogen and oxygen atoms in total. The minimum Gasteiger partial charge on any atom is -0.479 e. The molecule has 7 heteroatoms. The number of hydrogen-bond donors (Lipinski definition) is 1. The van der Waals surface area contributed by atoms with E-state index in [0.717, 1.165) is 33.2 Å². The number of fused-ring (bicyclic) bond motifs is 3. The lowest BCUT2D eigenvalue weighted by molar-refractivity contribution is -0.143. The molecule has 3 aromatic rings. The number of benzene rings is 3. The van der Waals surface area contributed by atoms with E-state index >= 15 is 0 Å². The largest absolute Gasteiger partial charge is 0.479 e. The van der Waals surface area contributed by atoms with Gasteiger partial charge in [-0.25, -0.2) is 14.0 Å². The Balaban J connectivity index is 1.59. The molecule has 0 aromatic heterocycles. The lowest BCUT2D eigenvalue weighted by atomic mass is 9.98. The van der Waals surface area contributed by atoms with E-state index in [1.165, 1.54) is 12.1 Å². The fraction of sp³-hybridized carbons (Fsp3) is 0.231. The molecule has 1 amide bonds. The Kier molecular flexibility index (Phi) is 6.79. The number of ether oxygens (including phenoxy) is 1. The first-order valence-corrected chi connectivity index (χ1v) is 11.5. The summed E-state index contributed by atoms with van der Waals surface area (Å²) in [5.74, 6) is -1.99. The van der Waals surface area contributed by atoms with Crippen molar-refractivity contribution >= 4 is 28.0 Å². The molecule has 0 spiro atoms. The van der Waals surface area contributed by atoms with Crippen LogP contribution in [0.3, 0.4) is 0 Å². The van der Waals surface area contributed by atoms with Crippen LogP contribution in [0.1, 0.15) is 42.0 Å².